The van der Waals surface area contributed by atoms with Gasteiger partial charge in [-0.3, -0.25) is 4.79 Å². The van der Waals surface area contributed by atoms with Crippen LogP contribution in [0.5, 0.6) is 0 Å². The van der Waals surface area contributed by atoms with Crippen molar-refractivity contribution in [2.24, 2.45) is 0 Å². The Morgan fingerprint density at radius 3 is 2.78 bits per heavy atom. The van der Waals surface area contributed by atoms with Crippen LogP contribution < -0.4 is 16.4 Å². The molecule has 122 valence electrons. The van der Waals surface area contributed by atoms with Crippen LogP contribution in [0.25, 0.3) is 0 Å². The zero-order valence-corrected chi connectivity index (χ0v) is 13.5. The van der Waals surface area contributed by atoms with Crippen molar-refractivity contribution in [1.29, 1.82) is 0 Å². The van der Waals surface area contributed by atoms with Crippen LogP contribution >= 0.6 is 11.3 Å². The molecular formula is C14H19N7OS. The van der Waals surface area contributed by atoms with Gasteiger partial charge in [-0.25, -0.2) is 15.0 Å². The first-order chi connectivity index (χ1) is 11.2. The van der Waals surface area contributed by atoms with Gasteiger partial charge in [0, 0.05) is 18.5 Å². The minimum absolute atomic E-state index is 0.160. The van der Waals surface area contributed by atoms with Gasteiger partial charge in [-0.2, -0.15) is 0 Å². The number of rotatable bonds is 6. The average Bonchev–Trinajstić information content (AvgIpc) is 3.21. The molecule has 1 amide bonds. The number of nitrogens with one attached hydrogen (secondary N) is 2. The van der Waals surface area contributed by atoms with Crippen molar-refractivity contribution >= 4 is 34.0 Å². The Hall–Kier alpha value is -2.26. The van der Waals surface area contributed by atoms with Crippen molar-refractivity contribution in [2.75, 3.05) is 37.2 Å². The monoisotopic (exact) mass is 333 g/mol. The Balaban J connectivity index is 1.49. The number of carbonyl (C=O) groups is 1. The molecule has 0 atom stereocenters. The first-order valence-corrected chi connectivity index (χ1v) is 8.39. The van der Waals surface area contributed by atoms with Gasteiger partial charge < -0.3 is 21.3 Å². The van der Waals surface area contributed by atoms with E-state index in [4.69, 9.17) is 5.73 Å². The number of likely N-dealkylation sites (tertiary alicyclic amines) is 1. The summed E-state index contributed by atoms with van der Waals surface area (Å²) >= 11 is 1.33. The van der Waals surface area contributed by atoms with Crippen LogP contribution in [0.2, 0.25) is 0 Å². The van der Waals surface area contributed by atoms with Crippen LogP contribution in [-0.4, -0.2) is 51.9 Å². The SMILES string of the molecule is Nc1cnc(Nc2nc(C(=O)NCCN3CCCC3)cs2)nc1. The molecule has 0 saturated carbocycles. The van der Waals surface area contributed by atoms with Crippen LogP contribution in [-0.2, 0) is 0 Å². The van der Waals surface area contributed by atoms with E-state index >= 15 is 0 Å². The van der Waals surface area contributed by atoms with Crippen molar-refractivity contribution in [2.45, 2.75) is 12.8 Å². The number of nitrogens with zero attached hydrogens (tertiary/aromatic N) is 4. The zero-order valence-electron chi connectivity index (χ0n) is 12.7. The lowest BCUT2D eigenvalue weighted by Gasteiger charge is -2.14. The molecule has 0 aromatic carbocycles. The number of hydrogen-bond acceptors (Lipinski definition) is 8. The molecule has 1 aliphatic heterocycles. The summed E-state index contributed by atoms with van der Waals surface area (Å²) < 4.78 is 0. The highest BCUT2D eigenvalue weighted by atomic mass is 32.1. The van der Waals surface area contributed by atoms with E-state index in [1.54, 1.807) is 5.38 Å². The molecule has 1 saturated heterocycles. The smallest absolute Gasteiger partial charge is 0.270 e. The molecule has 9 heteroatoms. The van der Waals surface area contributed by atoms with Crippen molar-refractivity contribution in [1.82, 2.24) is 25.2 Å². The predicted molar refractivity (Wildman–Crippen MR) is 89.8 cm³/mol. The Morgan fingerprint density at radius 1 is 1.30 bits per heavy atom. The molecule has 3 rings (SSSR count). The number of carbonyl (C=O) groups excluding carboxylic acids is 1. The summed E-state index contributed by atoms with van der Waals surface area (Å²) in [7, 11) is 0. The minimum atomic E-state index is -0.160. The number of aromatic nitrogens is 3. The van der Waals surface area contributed by atoms with Crippen LogP contribution in [0.15, 0.2) is 17.8 Å². The van der Waals surface area contributed by atoms with Gasteiger partial charge in [0.05, 0.1) is 18.1 Å². The molecule has 23 heavy (non-hydrogen) atoms. The van der Waals surface area contributed by atoms with E-state index < -0.39 is 0 Å². The lowest BCUT2D eigenvalue weighted by Crippen LogP contribution is -2.33. The lowest BCUT2D eigenvalue weighted by molar-refractivity contribution is 0.0945. The molecular weight excluding hydrogens is 314 g/mol. The fraction of sp³-hybridized carbons (Fsp3) is 0.429. The molecule has 0 bridgehead atoms. The quantitative estimate of drug-likeness (QED) is 0.726. The molecule has 0 spiro atoms. The van der Waals surface area contributed by atoms with E-state index in [9.17, 15) is 4.79 Å². The van der Waals surface area contributed by atoms with Gasteiger partial charge in [0.2, 0.25) is 5.95 Å². The van der Waals surface area contributed by atoms with Gasteiger partial charge in [0.1, 0.15) is 5.69 Å². The van der Waals surface area contributed by atoms with Crippen LogP contribution in [0.3, 0.4) is 0 Å². The van der Waals surface area contributed by atoms with Gasteiger partial charge in [-0.1, -0.05) is 0 Å². The predicted octanol–water partition coefficient (Wildman–Crippen LogP) is 1.08. The van der Waals surface area contributed by atoms with Crippen molar-refractivity contribution in [3.63, 3.8) is 0 Å². The summed E-state index contributed by atoms with van der Waals surface area (Å²) in [5, 5.41) is 8.13. The normalized spacial score (nSPS) is 14.8. The molecule has 0 radical (unpaired) electrons. The Morgan fingerprint density at radius 2 is 2.04 bits per heavy atom. The number of nitrogen functional groups attached to an aromatic ring is 1. The number of hydrogen-bond donors (Lipinski definition) is 3. The van der Waals surface area contributed by atoms with Crippen molar-refractivity contribution in [3.8, 4) is 0 Å². The Labute approximate surface area is 138 Å². The van der Waals surface area contributed by atoms with E-state index in [1.807, 2.05) is 0 Å². The van der Waals surface area contributed by atoms with E-state index in [2.05, 4.69) is 30.5 Å². The summed E-state index contributed by atoms with van der Waals surface area (Å²) in [6.45, 7) is 3.78. The number of nitrogens with two attached hydrogens (primary N) is 1. The molecule has 0 aliphatic carbocycles. The van der Waals surface area contributed by atoms with Gasteiger partial charge in [-0.15, -0.1) is 11.3 Å². The molecule has 2 aromatic rings. The van der Waals surface area contributed by atoms with Crippen LogP contribution in [0.1, 0.15) is 23.3 Å². The number of thiazole rings is 1. The van der Waals surface area contributed by atoms with Crippen molar-refractivity contribution in [3.05, 3.63) is 23.5 Å². The largest absolute Gasteiger partial charge is 0.396 e. The van der Waals surface area contributed by atoms with E-state index in [1.165, 1.54) is 36.6 Å². The molecule has 2 aromatic heterocycles. The van der Waals surface area contributed by atoms with E-state index in [0.29, 0.717) is 29.0 Å². The fourth-order valence-corrected chi connectivity index (χ4v) is 3.04. The minimum Gasteiger partial charge on any atom is -0.396 e. The summed E-state index contributed by atoms with van der Waals surface area (Å²) in [5.74, 6) is 0.237. The average molecular weight is 333 g/mol. The van der Waals surface area contributed by atoms with Crippen LogP contribution in [0.4, 0.5) is 16.8 Å². The maximum Gasteiger partial charge on any atom is 0.270 e. The number of amides is 1. The second-order valence-corrected chi connectivity index (χ2v) is 6.17. The third-order valence-electron chi connectivity index (χ3n) is 3.54. The molecule has 1 aliphatic rings. The Bertz CT molecular complexity index is 651. The summed E-state index contributed by atoms with van der Waals surface area (Å²) in [4.78, 5) is 26.7. The summed E-state index contributed by atoms with van der Waals surface area (Å²) in [5.41, 5.74) is 6.42. The van der Waals surface area contributed by atoms with E-state index in [0.717, 1.165) is 19.6 Å². The van der Waals surface area contributed by atoms with Gasteiger partial charge in [0.15, 0.2) is 5.13 Å². The highest BCUT2D eigenvalue weighted by Crippen LogP contribution is 2.18. The van der Waals surface area contributed by atoms with Gasteiger partial charge >= 0.3 is 0 Å². The van der Waals surface area contributed by atoms with Crippen LogP contribution in [0, 0.1) is 0 Å². The second kappa shape index (κ2) is 7.34. The van der Waals surface area contributed by atoms with E-state index in [-0.39, 0.29) is 5.91 Å². The lowest BCUT2D eigenvalue weighted by atomic mass is 10.4. The zero-order chi connectivity index (χ0) is 16.1. The maximum atomic E-state index is 12.1. The van der Waals surface area contributed by atoms with Gasteiger partial charge in [-0.05, 0) is 25.9 Å². The summed E-state index contributed by atoms with van der Waals surface area (Å²) in [6.07, 6.45) is 5.52. The molecule has 0 unspecified atom stereocenters. The standard InChI is InChI=1S/C14H19N7OS/c15-10-7-17-13(18-8-10)20-14-19-11(9-23-14)12(22)16-3-6-21-4-1-2-5-21/h7-9H,1-6,15H2,(H,16,22)(H,17,18,19,20). The Kier molecular flexibility index (Phi) is 4.99. The molecule has 4 N–H and O–H groups in total. The second-order valence-electron chi connectivity index (χ2n) is 5.31. The third kappa shape index (κ3) is 4.36. The highest BCUT2D eigenvalue weighted by Gasteiger charge is 2.13. The summed E-state index contributed by atoms with van der Waals surface area (Å²) in [6, 6.07) is 0. The first-order valence-electron chi connectivity index (χ1n) is 7.51. The third-order valence-corrected chi connectivity index (χ3v) is 4.30. The molecule has 1 fully saturated rings. The van der Waals surface area contributed by atoms with Crippen molar-refractivity contribution < 1.29 is 4.79 Å². The topological polar surface area (TPSA) is 109 Å². The highest BCUT2D eigenvalue weighted by molar-refractivity contribution is 7.14. The molecule has 3 heterocycles. The first kappa shape index (κ1) is 15.6. The van der Waals surface area contributed by atoms with Gasteiger partial charge in [0.25, 0.3) is 5.91 Å². The number of anilines is 3. The maximum absolute atomic E-state index is 12.1. The molecule has 8 nitrogen and oxygen atoms in total. The fourth-order valence-electron chi connectivity index (χ4n) is 2.36.